The fraction of sp³-hybridized carbons (Fsp3) is 0.333. The summed E-state index contributed by atoms with van der Waals surface area (Å²) in [6, 6.07) is 1.97. The second kappa shape index (κ2) is 15.8. The molecule has 31 heavy (non-hydrogen) atoms. The van der Waals surface area contributed by atoms with E-state index < -0.39 is 0 Å². The van der Waals surface area contributed by atoms with E-state index in [1.54, 1.807) is 29.7 Å². The molecule has 4 nitrogen and oxygen atoms in total. The second-order valence-electron chi connectivity index (χ2n) is 6.25. The van der Waals surface area contributed by atoms with Crippen LogP contribution in [0.3, 0.4) is 0 Å². The minimum absolute atomic E-state index is 0. The molecule has 0 amide bonds. The van der Waals surface area contributed by atoms with Gasteiger partial charge in [0, 0.05) is 50.3 Å². The van der Waals surface area contributed by atoms with E-state index in [9.17, 15) is 0 Å². The molecule has 172 valence electrons. The number of anilines is 1. The third-order valence-corrected chi connectivity index (χ3v) is 6.63. The van der Waals surface area contributed by atoms with Gasteiger partial charge in [0.15, 0.2) is 5.11 Å². The van der Waals surface area contributed by atoms with Crippen LogP contribution < -0.4 is 16.0 Å². The molecule has 1 aliphatic carbocycles. The zero-order chi connectivity index (χ0) is 23.1. The lowest BCUT2D eigenvalue weighted by atomic mass is 10.2. The predicted octanol–water partition coefficient (Wildman–Crippen LogP) is 6.65. The number of thioether (sulfide) groups is 2. The summed E-state index contributed by atoms with van der Waals surface area (Å²) < 4.78 is 0. The van der Waals surface area contributed by atoms with Gasteiger partial charge >= 0.3 is 0 Å². The van der Waals surface area contributed by atoms with Crippen LogP contribution in [0.4, 0.5) is 5.69 Å². The molecule has 0 radical (unpaired) electrons. The molecule has 1 aromatic heterocycles. The van der Waals surface area contributed by atoms with Crippen molar-refractivity contribution in [1.82, 2.24) is 15.6 Å². The maximum Gasteiger partial charge on any atom is 0.171 e. The van der Waals surface area contributed by atoms with Crippen molar-refractivity contribution < 1.29 is 2.85 Å². The second-order valence-corrected chi connectivity index (χ2v) is 8.52. The molecule has 0 bridgehead atoms. The van der Waals surface area contributed by atoms with Crippen molar-refractivity contribution in [2.75, 3.05) is 30.9 Å². The molecule has 1 aromatic rings. The van der Waals surface area contributed by atoms with Crippen LogP contribution in [0.5, 0.6) is 0 Å². The molecule has 0 aromatic carbocycles. The van der Waals surface area contributed by atoms with E-state index in [0.717, 1.165) is 27.6 Å². The molecule has 0 saturated heterocycles. The zero-order valence-corrected chi connectivity index (χ0v) is 21.5. The van der Waals surface area contributed by atoms with Crippen molar-refractivity contribution in [3.8, 4) is 0 Å². The number of hydrogen-bond donors (Lipinski definition) is 3. The minimum atomic E-state index is 0. The quantitative estimate of drug-likeness (QED) is 0.198. The summed E-state index contributed by atoms with van der Waals surface area (Å²) in [6.45, 7) is 10.8. The van der Waals surface area contributed by atoms with Gasteiger partial charge in [-0.05, 0) is 36.2 Å². The molecule has 7 heteroatoms. The molecular formula is C24H38N4S3. The highest BCUT2D eigenvalue weighted by Crippen LogP contribution is 2.31. The fourth-order valence-electron chi connectivity index (χ4n) is 2.67. The van der Waals surface area contributed by atoms with Crippen LogP contribution >= 0.6 is 35.7 Å². The Labute approximate surface area is 204 Å². The molecule has 2 rings (SSSR count). The Balaban J connectivity index is 0. The van der Waals surface area contributed by atoms with Crippen LogP contribution in [0.1, 0.15) is 23.6 Å². The lowest BCUT2D eigenvalue weighted by Crippen LogP contribution is -2.34. The SMILES string of the molecule is C=C/C(=C\C=C/CNC(=S)NC1=C(SC)C(C)C=C1)CSc1cnccc1NC.CC.[HH].[HH]. The largest absolute Gasteiger partial charge is 0.387 e. The van der Waals surface area contributed by atoms with Crippen LogP contribution in [-0.4, -0.2) is 35.7 Å². The Morgan fingerprint density at radius 1 is 1.39 bits per heavy atom. The molecule has 0 saturated carbocycles. The number of thiocarbonyl (C=S) groups is 1. The first kappa shape index (κ1) is 27.1. The van der Waals surface area contributed by atoms with E-state index in [1.807, 2.05) is 51.4 Å². The van der Waals surface area contributed by atoms with Crippen LogP contribution in [0, 0.1) is 5.92 Å². The van der Waals surface area contributed by atoms with E-state index in [4.69, 9.17) is 12.2 Å². The van der Waals surface area contributed by atoms with Gasteiger partial charge in [-0.1, -0.05) is 57.7 Å². The summed E-state index contributed by atoms with van der Waals surface area (Å²) in [7, 11) is 1.92. The molecule has 0 fully saturated rings. The fourth-order valence-corrected chi connectivity index (χ4v) is 4.65. The number of pyridine rings is 1. The highest BCUT2D eigenvalue weighted by Gasteiger charge is 2.16. The van der Waals surface area contributed by atoms with Crippen LogP contribution in [-0.2, 0) is 0 Å². The summed E-state index contributed by atoms with van der Waals surface area (Å²) in [5.41, 5.74) is 3.33. The average molecular weight is 479 g/mol. The summed E-state index contributed by atoms with van der Waals surface area (Å²) in [5, 5.41) is 10.3. The minimum Gasteiger partial charge on any atom is -0.387 e. The van der Waals surface area contributed by atoms with Crippen molar-refractivity contribution in [3.05, 3.63) is 77.7 Å². The number of rotatable bonds is 10. The first-order valence-electron chi connectivity index (χ1n) is 10.3. The van der Waals surface area contributed by atoms with Gasteiger partial charge in [-0.25, -0.2) is 0 Å². The molecule has 1 unspecified atom stereocenters. The number of aromatic nitrogens is 1. The molecule has 0 aliphatic heterocycles. The molecular weight excluding hydrogens is 440 g/mol. The third kappa shape index (κ3) is 9.37. The Kier molecular flexibility index (Phi) is 13.8. The molecule has 1 heterocycles. The van der Waals surface area contributed by atoms with Gasteiger partial charge in [0.25, 0.3) is 0 Å². The van der Waals surface area contributed by atoms with Crippen LogP contribution in [0.25, 0.3) is 0 Å². The van der Waals surface area contributed by atoms with Crippen molar-refractivity contribution in [2.45, 2.75) is 25.7 Å². The zero-order valence-electron chi connectivity index (χ0n) is 19.1. The third-order valence-electron chi connectivity index (χ3n) is 4.24. The van der Waals surface area contributed by atoms with E-state index in [0.29, 0.717) is 17.6 Å². The van der Waals surface area contributed by atoms with Crippen LogP contribution in [0.15, 0.2) is 82.6 Å². The molecule has 1 aliphatic rings. The Bertz CT molecular complexity index is 852. The number of allylic oxidation sites excluding steroid dienone is 6. The summed E-state index contributed by atoms with van der Waals surface area (Å²) in [6.07, 6.45) is 18.1. The highest BCUT2D eigenvalue weighted by atomic mass is 32.2. The van der Waals surface area contributed by atoms with Crippen LogP contribution in [0.2, 0.25) is 0 Å². The van der Waals surface area contributed by atoms with E-state index in [1.165, 1.54) is 4.91 Å². The van der Waals surface area contributed by atoms with Gasteiger partial charge in [0.05, 0.1) is 11.4 Å². The van der Waals surface area contributed by atoms with Crippen molar-refractivity contribution in [1.29, 1.82) is 0 Å². The highest BCUT2D eigenvalue weighted by molar-refractivity contribution is 8.02. The molecule has 1 atom stereocenters. The Morgan fingerprint density at radius 2 is 2.16 bits per heavy atom. The lowest BCUT2D eigenvalue weighted by Gasteiger charge is -2.12. The predicted molar refractivity (Wildman–Crippen MR) is 150 cm³/mol. The Morgan fingerprint density at radius 3 is 2.84 bits per heavy atom. The van der Waals surface area contributed by atoms with Gasteiger partial charge in [0.2, 0.25) is 0 Å². The first-order chi connectivity index (χ1) is 15.1. The van der Waals surface area contributed by atoms with Gasteiger partial charge in [-0.3, -0.25) is 4.98 Å². The summed E-state index contributed by atoms with van der Waals surface area (Å²) in [4.78, 5) is 6.64. The van der Waals surface area contributed by atoms with Crippen molar-refractivity contribution in [3.63, 3.8) is 0 Å². The maximum atomic E-state index is 5.39. The van der Waals surface area contributed by atoms with Gasteiger partial charge in [0.1, 0.15) is 0 Å². The Hall–Kier alpha value is -1.96. The van der Waals surface area contributed by atoms with Crippen molar-refractivity contribution in [2.24, 2.45) is 5.92 Å². The number of nitrogens with one attached hydrogen (secondary N) is 3. The monoisotopic (exact) mass is 478 g/mol. The number of hydrogen-bond acceptors (Lipinski definition) is 5. The van der Waals surface area contributed by atoms with E-state index >= 15 is 0 Å². The molecule has 0 spiro atoms. The lowest BCUT2D eigenvalue weighted by molar-refractivity contribution is 0.925. The topological polar surface area (TPSA) is 49.0 Å². The first-order valence-corrected chi connectivity index (χ1v) is 12.9. The van der Waals surface area contributed by atoms with Gasteiger partial charge < -0.3 is 16.0 Å². The maximum absolute atomic E-state index is 5.39. The smallest absolute Gasteiger partial charge is 0.171 e. The summed E-state index contributed by atoms with van der Waals surface area (Å²) in [5.74, 6) is 1.28. The normalized spacial score (nSPS) is 15.5. The standard InChI is InChI=1S/C22H28N4S3.C2H6.2H2/c1-5-17(15-29-20-14-24-13-11-18(20)23-3)8-6-7-12-25-22(27)26-19-10-9-16(2)21(19)28-4;1-2;;/h5-11,13-14,16H,1,12,15H2,2-4H3,(H,23,24)(H2,25,26,27);1-2H3;2*1H/b7-6-,17-8+;;;. The van der Waals surface area contributed by atoms with Gasteiger partial charge in [-0.2, -0.15) is 0 Å². The summed E-state index contributed by atoms with van der Waals surface area (Å²) >= 11 is 8.89. The average Bonchev–Trinajstić information content (AvgIpc) is 3.15. The van der Waals surface area contributed by atoms with E-state index in [-0.39, 0.29) is 2.85 Å². The molecule has 3 N–H and O–H groups in total. The van der Waals surface area contributed by atoms with Crippen molar-refractivity contribution >= 4 is 46.5 Å². The van der Waals surface area contributed by atoms with Gasteiger partial charge in [-0.15, -0.1) is 23.5 Å². The number of nitrogens with zero attached hydrogens (tertiary/aromatic N) is 1. The van der Waals surface area contributed by atoms with E-state index in [2.05, 4.69) is 58.9 Å².